The summed E-state index contributed by atoms with van der Waals surface area (Å²) in [5.74, 6) is -1.13. The van der Waals surface area contributed by atoms with Crippen LogP contribution < -0.4 is 5.32 Å². The lowest BCUT2D eigenvalue weighted by molar-refractivity contribution is -0.138. The number of carboxylic acids is 1. The van der Waals surface area contributed by atoms with E-state index in [4.69, 9.17) is 5.11 Å². The van der Waals surface area contributed by atoms with Crippen molar-refractivity contribution in [1.82, 2.24) is 20.1 Å². The summed E-state index contributed by atoms with van der Waals surface area (Å²) in [5, 5.41) is 17.1. The number of ketones is 1. The summed E-state index contributed by atoms with van der Waals surface area (Å²) in [6, 6.07) is 19.2. The van der Waals surface area contributed by atoms with Crippen LogP contribution in [0, 0.1) is 0 Å². The summed E-state index contributed by atoms with van der Waals surface area (Å²) in [7, 11) is 0. The van der Waals surface area contributed by atoms with E-state index in [-0.39, 0.29) is 12.3 Å². The van der Waals surface area contributed by atoms with Gasteiger partial charge in [-0.15, -0.1) is 0 Å². The Balaban J connectivity index is 1.35. The number of aromatic nitrogens is 3. The lowest BCUT2D eigenvalue weighted by Gasteiger charge is -2.18. The normalized spacial score (nSPS) is 12.5. The van der Waals surface area contributed by atoms with E-state index in [1.54, 1.807) is 18.6 Å². The molecule has 0 fully saturated rings. The number of carbonyl (C=O) groups is 2. The minimum absolute atomic E-state index is 0.146. The van der Waals surface area contributed by atoms with Crippen molar-refractivity contribution in [3.05, 3.63) is 114 Å². The first-order valence-electron chi connectivity index (χ1n) is 12.5. The second kappa shape index (κ2) is 11.2. The largest absolute Gasteiger partial charge is 0.480 e. The van der Waals surface area contributed by atoms with Gasteiger partial charge in [0.15, 0.2) is 5.78 Å². The molecule has 3 N–H and O–H groups in total. The fraction of sp³-hybridized carbons (Fsp3) is 0.167. The van der Waals surface area contributed by atoms with Crippen LogP contribution in [0.2, 0.25) is 0 Å². The fourth-order valence-electron chi connectivity index (χ4n) is 4.63. The summed E-state index contributed by atoms with van der Waals surface area (Å²) in [6.45, 7) is 0.139. The number of alkyl halides is 3. The van der Waals surface area contributed by atoms with Gasteiger partial charge in [0.2, 0.25) is 0 Å². The highest BCUT2D eigenvalue weighted by molar-refractivity contribution is 6.11. The van der Waals surface area contributed by atoms with Crippen LogP contribution in [0.3, 0.4) is 0 Å². The number of nitrogens with one attached hydrogen (secondary N) is 2. The van der Waals surface area contributed by atoms with Crippen LogP contribution in [0.4, 0.5) is 13.2 Å². The van der Waals surface area contributed by atoms with Crippen LogP contribution >= 0.6 is 0 Å². The third-order valence-corrected chi connectivity index (χ3v) is 6.65. The summed E-state index contributed by atoms with van der Waals surface area (Å²) in [6.07, 6.45) is 0.963. The number of aliphatic carboxylic acids is 1. The Morgan fingerprint density at radius 1 is 1.00 bits per heavy atom. The zero-order valence-electron chi connectivity index (χ0n) is 21.2. The number of nitrogens with zero attached hydrogens (tertiary/aromatic N) is 2. The fourth-order valence-corrected chi connectivity index (χ4v) is 4.63. The molecule has 0 radical (unpaired) electrons. The molecule has 2 heterocycles. The van der Waals surface area contributed by atoms with E-state index in [1.165, 1.54) is 16.8 Å². The van der Waals surface area contributed by atoms with Gasteiger partial charge in [0.05, 0.1) is 17.8 Å². The standard InChI is InChI=1S/C30H25F3N4O3/c31-30(32,33)23-9-6-19(7-10-23)12-13-34-28(20-4-2-1-3-5-20)29(40)25-16-35-26-14-21(8-11-24(25)26)22-15-36-37(17-22)18-27(38)39/h1-11,14-17,28,34-35H,12-13,18H2,(H,38,39). The molecule has 0 saturated carbocycles. The second-order valence-corrected chi connectivity index (χ2v) is 9.39. The molecule has 1 unspecified atom stereocenters. The van der Waals surface area contributed by atoms with Crippen molar-refractivity contribution in [3.63, 3.8) is 0 Å². The monoisotopic (exact) mass is 546 g/mol. The molecule has 5 rings (SSSR count). The molecule has 40 heavy (non-hydrogen) atoms. The molecular weight excluding hydrogens is 521 g/mol. The Morgan fingerprint density at radius 3 is 2.45 bits per heavy atom. The van der Waals surface area contributed by atoms with Crippen molar-refractivity contribution >= 4 is 22.7 Å². The van der Waals surface area contributed by atoms with Gasteiger partial charge in [0, 0.05) is 41.0 Å². The smallest absolute Gasteiger partial charge is 0.416 e. The number of hydrogen-bond acceptors (Lipinski definition) is 4. The van der Waals surface area contributed by atoms with Gasteiger partial charge in [-0.25, -0.2) is 0 Å². The van der Waals surface area contributed by atoms with Gasteiger partial charge in [-0.2, -0.15) is 18.3 Å². The van der Waals surface area contributed by atoms with Crippen molar-refractivity contribution in [2.45, 2.75) is 25.2 Å². The topological polar surface area (TPSA) is 100 Å². The number of rotatable bonds is 10. The summed E-state index contributed by atoms with van der Waals surface area (Å²) in [5.41, 5.74) is 3.61. The average Bonchev–Trinajstić information content (AvgIpc) is 3.57. The van der Waals surface area contributed by atoms with Gasteiger partial charge in [-0.3, -0.25) is 14.3 Å². The first-order valence-corrected chi connectivity index (χ1v) is 12.5. The number of carbonyl (C=O) groups excluding carboxylic acids is 1. The highest BCUT2D eigenvalue weighted by Gasteiger charge is 2.30. The lowest BCUT2D eigenvalue weighted by Crippen LogP contribution is -2.30. The second-order valence-electron chi connectivity index (χ2n) is 9.39. The minimum atomic E-state index is -4.38. The molecule has 5 aromatic rings. The number of benzene rings is 3. The van der Waals surface area contributed by atoms with E-state index in [9.17, 15) is 22.8 Å². The summed E-state index contributed by atoms with van der Waals surface area (Å²) < 4.78 is 40.0. The lowest BCUT2D eigenvalue weighted by atomic mass is 9.96. The molecule has 7 nitrogen and oxygen atoms in total. The molecule has 1 atom stereocenters. The molecule has 0 amide bonds. The predicted molar refractivity (Wildman–Crippen MR) is 144 cm³/mol. The van der Waals surface area contributed by atoms with Crippen LogP contribution in [0.5, 0.6) is 0 Å². The van der Waals surface area contributed by atoms with Crippen LogP contribution in [0.25, 0.3) is 22.0 Å². The molecule has 204 valence electrons. The molecule has 0 aliphatic rings. The highest BCUT2D eigenvalue weighted by Crippen LogP contribution is 2.30. The molecule has 0 aliphatic heterocycles. The Bertz CT molecular complexity index is 1640. The number of Topliss-reactive ketones (excluding diaryl/α,β-unsaturated/α-hetero) is 1. The Labute approximate surface area is 227 Å². The molecule has 3 aromatic carbocycles. The Morgan fingerprint density at radius 2 is 1.75 bits per heavy atom. The first-order chi connectivity index (χ1) is 19.2. The van der Waals surface area contributed by atoms with Crippen molar-refractivity contribution in [3.8, 4) is 11.1 Å². The maximum Gasteiger partial charge on any atom is 0.416 e. The van der Waals surface area contributed by atoms with E-state index < -0.39 is 23.8 Å². The van der Waals surface area contributed by atoms with E-state index in [1.807, 2.05) is 48.5 Å². The predicted octanol–water partition coefficient (Wildman–Crippen LogP) is 5.89. The number of hydrogen-bond donors (Lipinski definition) is 3. The average molecular weight is 547 g/mol. The van der Waals surface area contributed by atoms with E-state index in [0.717, 1.165) is 45.3 Å². The van der Waals surface area contributed by atoms with E-state index in [0.29, 0.717) is 18.5 Å². The van der Waals surface area contributed by atoms with E-state index >= 15 is 0 Å². The minimum Gasteiger partial charge on any atom is -0.480 e. The Kier molecular flexibility index (Phi) is 7.52. The SMILES string of the molecule is O=C(O)Cn1cc(-c2ccc3c(C(=O)C(NCCc4ccc(C(F)(F)F)cc4)c4ccccc4)c[nH]c3c2)cn1. The summed E-state index contributed by atoms with van der Waals surface area (Å²) >= 11 is 0. The zero-order valence-corrected chi connectivity index (χ0v) is 21.2. The molecule has 0 spiro atoms. The van der Waals surface area contributed by atoms with Crippen LogP contribution in [-0.4, -0.2) is 38.2 Å². The number of carboxylic acid groups (broad SMARTS) is 1. The third kappa shape index (κ3) is 5.97. The van der Waals surface area contributed by atoms with Gasteiger partial charge in [0.25, 0.3) is 0 Å². The van der Waals surface area contributed by atoms with E-state index in [2.05, 4.69) is 15.4 Å². The highest BCUT2D eigenvalue weighted by atomic mass is 19.4. The number of fused-ring (bicyclic) bond motifs is 1. The number of halogens is 3. The van der Waals surface area contributed by atoms with Crippen molar-refractivity contribution < 1.29 is 27.9 Å². The van der Waals surface area contributed by atoms with Crippen molar-refractivity contribution in [2.75, 3.05) is 6.54 Å². The van der Waals surface area contributed by atoms with Crippen LogP contribution in [0.15, 0.2) is 91.4 Å². The third-order valence-electron chi connectivity index (χ3n) is 6.65. The van der Waals surface area contributed by atoms with Gasteiger partial charge >= 0.3 is 12.1 Å². The molecule has 10 heteroatoms. The van der Waals surface area contributed by atoms with Gasteiger partial charge in [0.1, 0.15) is 6.54 Å². The maximum atomic E-state index is 13.8. The molecule has 2 aromatic heterocycles. The Hall–Kier alpha value is -4.70. The molecule has 0 aliphatic carbocycles. The number of aromatic amines is 1. The first kappa shape index (κ1) is 26.9. The molecule has 0 saturated heterocycles. The van der Waals surface area contributed by atoms with Crippen LogP contribution in [0.1, 0.15) is 33.1 Å². The molecular formula is C30H25F3N4O3. The molecule has 0 bridgehead atoms. The quantitative estimate of drug-likeness (QED) is 0.190. The van der Waals surface area contributed by atoms with Gasteiger partial charge in [-0.05, 0) is 41.3 Å². The van der Waals surface area contributed by atoms with Gasteiger partial charge in [-0.1, -0.05) is 54.6 Å². The summed E-state index contributed by atoms with van der Waals surface area (Å²) in [4.78, 5) is 27.9. The zero-order chi connectivity index (χ0) is 28.3. The van der Waals surface area contributed by atoms with Gasteiger partial charge < -0.3 is 15.4 Å². The van der Waals surface area contributed by atoms with Crippen LogP contribution in [-0.2, 0) is 23.9 Å². The number of H-pyrrole nitrogens is 1. The maximum absolute atomic E-state index is 13.8. The van der Waals surface area contributed by atoms with Crippen molar-refractivity contribution in [2.24, 2.45) is 0 Å². The van der Waals surface area contributed by atoms with Crippen molar-refractivity contribution in [1.29, 1.82) is 0 Å².